The van der Waals surface area contributed by atoms with Crippen molar-refractivity contribution in [2.45, 2.75) is 29.8 Å². The number of carbonyl (C=O) groups is 4. The third-order valence-corrected chi connectivity index (χ3v) is 6.18. The second-order valence-corrected chi connectivity index (χ2v) is 8.73. The lowest BCUT2D eigenvalue weighted by Crippen LogP contribution is -2.71. The van der Waals surface area contributed by atoms with Gasteiger partial charge in [-0.25, -0.2) is 9.78 Å². The third-order valence-electron chi connectivity index (χ3n) is 4.08. The van der Waals surface area contributed by atoms with Gasteiger partial charge >= 0.3 is 12.1 Å². The summed E-state index contributed by atoms with van der Waals surface area (Å²) in [5, 5.41) is 17.4. The van der Waals surface area contributed by atoms with Crippen molar-refractivity contribution in [2.75, 3.05) is 11.9 Å². The molecular weight excluding hydrogens is 479 g/mol. The number of nitrogens with zero attached hydrogens (tertiary/aromatic N) is 3. The van der Waals surface area contributed by atoms with Crippen LogP contribution in [0, 0.1) is 0 Å². The van der Waals surface area contributed by atoms with Crippen LogP contribution >= 0.6 is 23.1 Å². The largest absolute Gasteiger partial charge is 0.477 e. The highest BCUT2D eigenvalue weighted by molar-refractivity contribution is 8.00. The van der Waals surface area contributed by atoms with Crippen LogP contribution in [0.3, 0.4) is 0 Å². The van der Waals surface area contributed by atoms with E-state index in [0.717, 1.165) is 16.2 Å². The van der Waals surface area contributed by atoms with Crippen molar-refractivity contribution >= 4 is 58.1 Å². The maximum atomic E-state index is 12.7. The number of alkyl halides is 3. The molecular formula is C16H14F3N5O6S2. The second kappa shape index (κ2) is 9.15. The molecule has 3 heterocycles. The van der Waals surface area contributed by atoms with Gasteiger partial charge in [0.2, 0.25) is 13.0 Å². The number of nitrogens with one attached hydrogen (secondary N) is 2. The Balaban J connectivity index is 1.80. The Kier molecular flexibility index (Phi) is 6.73. The lowest BCUT2D eigenvalue weighted by atomic mass is 10.0. The first-order valence-electron chi connectivity index (χ1n) is 8.69. The van der Waals surface area contributed by atoms with Crippen molar-refractivity contribution in [3.63, 3.8) is 0 Å². The molecule has 0 saturated carbocycles. The number of β-lactam (4-membered cyclic amide) rings is 1. The summed E-state index contributed by atoms with van der Waals surface area (Å²) < 4.78 is 37.2. The van der Waals surface area contributed by atoms with Crippen LogP contribution in [0.2, 0.25) is 0 Å². The van der Waals surface area contributed by atoms with Crippen molar-refractivity contribution < 1.29 is 42.3 Å². The summed E-state index contributed by atoms with van der Waals surface area (Å²) in [4.78, 5) is 56.2. The second-order valence-electron chi connectivity index (χ2n) is 6.38. The number of amides is 3. The number of carboxylic acids is 1. The molecule has 172 valence electrons. The van der Waals surface area contributed by atoms with Crippen molar-refractivity contribution in [2.24, 2.45) is 5.16 Å². The Morgan fingerprint density at radius 2 is 2.16 bits per heavy atom. The first-order chi connectivity index (χ1) is 15.0. The van der Waals surface area contributed by atoms with Crippen molar-refractivity contribution in [1.82, 2.24) is 15.2 Å². The average molecular weight is 493 g/mol. The van der Waals surface area contributed by atoms with Gasteiger partial charge in [0, 0.05) is 10.6 Å². The minimum atomic E-state index is -4.71. The number of hydrogen-bond acceptors (Lipinski definition) is 9. The van der Waals surface area contributed by atoms with Gasteiger partial charge in [0.15, 0.2) is 10.8 Å². The molecule has 32 heavy (non-hydrogen) atoms. The van der Waals surface area contributed by atoms with Crippen molar-refractivity contribution in [3.05, 3.63) is 22.8 Å². The molecule has 2 aliphatic heterocycles. The number of aliphatic carboxylic acids is 1. The topological polar surface area (TPSA) is 150 Å². The van der Waals surface area contributed by atoms with Gasteiger partial charge in [-0.05, 0) is 13.0 Å². The lowest BCUT2D eigenvalue weighted by Gasteiger charge is -2.49. The van der Waals surface area contributed by atoms with Crippen molar-refractivity contribution in [3.8, 4) is 0 Å². The molecule has 0 aromatic carbocycles. The van der Waals surface area contributed by atoms with E-state index in [4.69, 9.17) is 0 Å². The van der Waals surface area contributed by atoms with E-state index < -0.39 is 47.7 Å². The predicted molar refractivity (Wildman–Crippen MR) is 106 cm³/mol. The Morgan fingerprint density at radius 1 is 1.44 bits per heavy atom. The van der Waals surface area contributed by atoms with E-state index >= 15 is 0 Å². The molecule has 3 rings (SSSR count). The Morgan fingerprint density at radius 3 is 2.78 bits per heavy atom. The van der Waals surface area contributed by atoms with E-state index in [9.17, 15) is 37.5 Å². The average Bonchev–Trinajstić information content (AvgIpc) is 3.16. The Bertz CT molecular complexity index is 1010. The summed E-state index contributed by atoms with van der Waals surface area (Å²) in [5.74, 6) is -3.07. The number of fused-ring (bicyclic) bond motifs is 1. The maximum Gasteiger partial charge on any atom is 0.425 e. The minimum Gasteiger partial charge on any atom is -0.477 e. The molecule has 11 nitrogen and oxygen atoms in total. The van der Waals surface area contributed by atoms with Crippen LogP contribution in [-0.4, -0.2) is 74.3 Å². The Labute approximate surface area is 185 Å². The molecule has 3 atom stereocenters. The zero-order valence-electron chi connectivity index (χ0n) is 16.0. The zero-order chi connectivity index (χ0) is 23.6. The number of hydrogen-bond donors (Lipinski definition) is 3. The van der Waals surface area contributed by atoms with E-state index in [1.54, 1.807) is 6.92 Å². The smallest absolute Gasteiger partial charge is 0.425 e. The molecule has 1 saturated heterocycles. The summed E-state index contributed by atoms with van der Waals surface area (Å²) in [5.41, 5.74) is -1.07. The molecule has 1 fully saturated rings. The van der Waals surface area contributed by atoms with Crippen LogP contribution in [0.4, 0.5) is 18.3 Å². The summed E-state index contributed by atoms with van der Waals surface area (Å²) in [7, 11) is 0. The highest BCUT2D eigenvalue weighted by Crippen LogP contribution is 2.40. The first kappa shape index (κ1) is 23.5. The number of carboxylic acid groups (broad SMARTS) is 1. The van der Waals surface area contributed by atoms with Gasteiger partial charge in [0.1, 0.15) is 22.8 Å². The zero-order valence-corrected chi connectivity index (χ0v) is 17.6. The number of thioether (sulfide) groups is 1. The summed E-state index contributed by atoms with van der Waals surface area (Å²) in [6.07, 6.45) is -3.00. The molecule has 0 aliphatic carbocycles. The highest BCUT2D eigenvalue weighted by atomic mass is 32.2. The number of thiazole rings is 1. The van der Waals surface area contributed by atoms with Crippen LogP contribution in [0.15, 0.2) is 22.3 Å². The van der Waals surface area contributed by atoms with Gasteiger partial charge in [-0.15, -0.1) is 23.1 Å². The van der Waals surface area contributed by atoms with E-state index in [1.807, 2.05) is 0 Å². The third kappa shape index (κ3) is 5.01. The van der Waals surface area contributed by atoms with Gasteiger partial charge in [-0.1, -0.05) is 5.16 Å². The fourth-order valence-electron chi connectivity index (χ4n) is 2.81. The number of aromatic nitrogens is 1. The number of anilines is 1. The summed E-state index contributed by atoms with van der Waals surface area (Å²) >= 11 is 2.09. The predicted octanol–water partition coefficient (Wildman–Crippen LogP) is 0.751. The van der Waals surface area contributed by atoms with E-state index in [2.05, 4.69) is 25.6 Å². The van der Waals surface area contributed by atoms with Crippen LogP contribution in [0.5, 0.6) is 0 Å². The van der Waals surface area contributed by atoms with Crippen LogP contribution in [0.1, 0.15) is 12.6 Å². The van der Waals surface area contributed by atoms with Crippen LogP contribution in [-0.2, 0) is 24.0 Å². The van der Waals surface area contributed by atoms with Crippen LogP contribution in [0.25, 0.3) is 0 Å². The Hall–Kier alpha value is -3.14. The van der Waals surface area contributed by atoms with Gasteiger partial charge in [-0.3, -0.25) is 19.3 Å². The molecule has 0 bridgehead atoms. The van der Waals surface area contributed by atoms with E-state index in [0.29, 0.717) is 6.41 Å². The molecule has 16 heteroatoms. The summed E-state index contributed by atoms with van der Waals surface area (Å²) in [6.45, 7) is -0.0619. The van der Waals surface area contributed by atoms with Gasteiger partial charge in [0.25, 0.3) is 11.8 Å². The number of carbonyl (C=O) groups excluding carboxylic acids is 3. The fraction of sp³-hybridized carbons (Fsp3) is 0.375. The molecule has 1 aromatic heterocycles. The monoisotopic (exact) mass is 493 g/mol. The number of oxime groups is 1. The van der Waals surface area contributed by atoms with Gasteiger partial charge in [-0.2, -0.15) is 13.2 Å². The number of rotatable bonds is 8. The molecule has 1 aromatic rings. The SMILES string of the molecule is CC1C=C(C(=O)O)N2C(=O)C(NC(=O)/C(=N/OCC(F)(F)F)c3csc(NC=O)n3)[C@H]2S1. The standard InChI is InChI=1S/C16H14F3N5O6S2/c1-6-2-8(14(28)29)24-12(27)10(13(24)32-6)22-11(26)9(23-30-4-16(17,18)19)7-3-31-15(21-7)20-5-25/h2-3,5-6,10,13H,4H2,1H3,(H,22,26)(H,28,29)(H,20,21,25)/b23-9+/t6?,10?,13-/m1/s1. The molecule has 0 spiro atoms. The van der Waals surface area contributed by atoms with E-state index in [1.165, 1.54) is 23.2 Å². The maximum absolute atomic E-state index is 12.7. The lowest BCUT2D eigenvalue weighted by molar-refractivity contribution is -0.174. The molecule has 2 aliphatic rings. The summed E-state index contributed by atoms with van der Waals surface area (Å²) in [6, 6.07) is -1.14. The van der Waals surface area contributed by atoms with Crippen molar-refractivity contribution in [1.29, 1.82) is 0 Å². The molecule has 0 radical (unpaired) electrons. The quantitative estimate of drug-likeness (QED) is 0.208. The first-order valence-corrected chi connectivity index (χ1v) is 10.5. The van der Waals surface area contributed by atoms with Gasteiger partial charge < -0.3 is 20.6 Å². The van der Waals surface area contributed by atoms with Gasteiger partial charge in [0.05, 0.1) is 0 Å². The number of halogens is 3. The van der Waals surface area contributed by atoms with E-state index in [-0.39, 0.29) is 21.8 Å². The molecule has 3 amide bonds. The fourth-order valence-corrected chi connectivity index (χ4v) is 4.79. The molecule has 3 N–H and O–H groups in total. The van der Waals surface area contributed by atoms with Crippen LogP contribution < -0.4 is 10.6 Å². The molecule has 2 unspecified atom stereocenters. The minimum absolute atomic E-state index is 0.0464. The highest BCUT2D eigenvalue weighted by Gasteiger charge is 2.54. The normalized spacial score (nSPS) is 22.9.